The van der Waals surface area contributed by atoms with Crippen LogP contribution in [-0.2, 0) is 11.3 Å². The number of halogens is 1. The molecule has 1 N–H and O–H groups in total. The van der Waals surface area contributed by atoms with E-state index in [2.05, 4.69) is 15.5 Å². The first-order valence-corrected chi connectivity index (χ1v) is 16.3. The van der Waals surface area contributed by atoms with E-state index in [1.54, 1.807) is 48.1 Å². The maximum absolute atomic E-state index is 13.8. The fourth-order valence-corrected chi connectivity index (χ4v) is 6.18. The van der Waals surface area contributed by atoms with Gasteiger partial charge in [-0.2, -0.15) is 5.10 Å². The van der Waals surface area contributed by atoms with Gasteiger partial charge in [0, 0.05) is 29.8 Å². The van der Waals surface area contributed by atoms with Gasteiger partial charge in [0.05, 0.1) is 43.2 Å². The number of amides is 2. The minimum Gasteiger partial charge on any atom is -0.497 e. The lowest BCUT2D eigenvalue weighted by Crippen LogP contribution is -2.28. The number of carbonyl (C=O) groups excluding carboxylic acids is 2. The zero-order chi connectivity index (χ0) is 35.2. The van der Waals surface area contributed by atoms with E-state index in [0.29, 0.717) is 45.9 Å². The second-order valence-corrected chi connectivity index (χ2v) is 11.9. The number of ether oxygens (including phenoxy) is 2. The van der Waals surface area contributed by atoms with E-state index >= 15 is 0 Å². The number of hydrazone groups is 1. The zero-order valence-electron chi connectivity index (χ0n) is 26.9. The summed E-state index contributed by atoms with van der Waals surface area (Å²) in [7, 11) is 3.08. The van der Waals surface area contributed by atoms with E-state index in [0.717, 1.165) is 22.9 Å². The maximum Gasteiger partial charge on any atom is 0.269 e. The molecule has 1 aliphatic rings. The lowest BCUT2D eigenvalue weighted by molar-refractivity contribution is -0.384. The van der Waals surface area contributed by atoms with E-state index in [1.807, 2.05) is 24.3 Å². The molecule has 0 saturated heterocycles. The van der Waals surface area contributed by atoms with Crippen LogP contribution in [0.1, 0.15) is 39.8 Å². The molecule has 15 heteroatoms. The normalized spacial score (nSPS) is 13.9. The first-order valence-electron chi connectivity index (χ1n) is 15.3. The third-order valence-corrected chi connectivity index (χ3v) is 8.84. The number of methoxy groups -OCH3 is 2. The van der Waals surface area contributed by atoms with Crippen molar-refractivity contribution in [2.45, 2.75) is 24.2 Å². The van der Waals surface area contributed by atoms with Crippen molar-refractivity contribution in [3.8, 4) is 17.2 Å². The molecule has 13 nitrogen and oxygen atoms in total. The summed E-state index contributed by atoms with van der Waals surface area (Å²) >= 11 is 1.09. The molecule has 0 bridgehead atoms. The summed E-state index contributed by atoms with van der Waals surface area (Å²) in [6.45, 7) is -0.0389. The molecule has 1 aliphatic heterocycles. The molecule has 1 aromatic heterocycles. The number of hydrogen-bond acceptors (Lipinski definition) is 10. The summed E-state index contributed by atoms with van der Waals surface area (Å²) in [5, 5.41) is 29.1. The Morgan fingerprint density at radius 3 is 2.36 bits per heavy atom. The summed E-state index contributed by atoms with van der Waals surface area (Å²) in [6.07, 6.45) is 0.407. The van der Waals surface area contributed by atoms with Crippen molar-refractivity contribution in [1.82, 2.24) is 25.1 Å². The molecule has 1 atom stereocenters. The molecule has 254 valence electrons. The number of carbonyl (C=O) groups is 2. The van der Waals surface area contributed by atoms with Gasteiger partial charge in [0.25, 0.3) is 17.5 Å². The van der Waals surface area contributed by atoms with Gasteiger partial charge < -0.3 is 14.8 Å². The van der Waals surface area contributed by atoms with Gasteiger partial charge in [0.2, 0.25) is 0 Å². The summed E-state index contributed by atoms with van der Waals surface area (Å²) in [6, 6.07) is 25.3. The van der Waals surface area contributed by atoms with E-state index in [-0.39, 0.29) is 29.8 Å². The quantitative estimate of drug-likeness (QED) is 0.0979. The Morgan fingerprint density at radius 2 is 1.68 bits per heavy atom. The van der Waals surface area contributed by atoms with E-state index in [9.17, 15) is 24.1 Å². The second-order valence-electron chi connectivity index (χ2n) is 11.0. The first kappa shape index (κ1) is 33.8. The smallest absolute Gasteiger partial charge is 0.269 e. The van der Waals surface area contributed by atoms with E-state index in [1.165, 1.54) is 48.5 Å². The van der Waals surface area contributed by atoms with Gasteiger partial charge in [-0.25, -0.2) is 9.40 Å². The number of aromatic nitrogens is 3. The lowest BCUT2D eigenvalue weighted by atomic mass is 9.98. The highest BCUT2D eigenvalue weighted by Crippen LogP contribution is 2.34. The molecule has 0 spiro atoms. The fraction of sp³-hybridized carbons (Fsp3) is 0.171. The van der Waals surface area contributed by atoms with Crippen LogP contribution in [0.5, 0.6) is 11.5 Å². The van der Waals surface area contributed by atoms with Crippen LogP contribution in [0.2, 0.25) is 0 Å². The molecule has 5 aromatic rings. The highest BCUT2D eigenvalue weighted by atomic mass is 32.2. The van der Waals surface area contributed by atoms with Crippen LogP contribution < -0.4 is 14.8 Å². The van der Waals surface area contributed by atoms with Crippen molar-refractivity contribution in [3.05, 3.63) is 136 Å². The number of thioether (sulfide) groups is 1. The van der Waals surface area contributed by atoms with Gasteiger partial charge in [-0.3, -0.25) is 24.3 Å². The molecule has 0 saturated carbocycles. The molecule has 0 radical (unpaired) electrons. The molecule has 50 heavy (non-hydrogen) atoms. The van der Waals surface area contributed by atoms with Crippen molar-refractivity contribution < 1.29 is 28.4 Å². The minimum atomic E-state index is -0.506. The Morgan fingerprint density at radius 1 is 0.960 bits per heavy atom. The van der Waals surface area contributed by atoms with Gasteiger partial charge in [-0.15, -0.1) is 10.2 Å². The van der Waals surface area contributed by atoms with Crippen LogP contribution in [-0.4, -0.2) is 62.2 Å². The van der Waals surface area contributed by atoms with Crippen LogP contribution >= 0.6 is 11.8 Å². The summed E-state index contributed by atoms with van der Waals surface area (Å²) in [4.78, 5) is 37.6. The number of nitro groups is 1. The van der Waals surface area contributed by atoms with Gasteiger partial charge in [0.1, 0.15) is 17.3 Å². The summed E-state index contributed by atoms with van der Waals surface area (Å²) in [5.74, 6) is 0.334. The van der Waals surface area contributed by atoms with Gasteiger partial charge in [0.15, 0.2) is 11.0 Å². The molecule has 0 aliphatic carbocycles. The molecular formula is C35H30FN7O6S. The number of non-ortho nitro benzene ring substituents is 1. The van der Waals surface area contributed by atoms with Crippen molar-refractivity contribution >= 4 is 35.0 Å². The third-order valence-electron chi connectivity index (χ3n) is 7.93. The predicted molar refractivity (Wildman–Crippen MR) is 183 cm³/mol. The fourth-order valence-electron chi connectivity index (χ4n) is 5.35. The molecular weight excluding hydrogens is 665 g/mol. The van der Waals surface area contributed by atoms with Gasteiger partial charge in [-0.05, 0) is 77.9 Å². The number of rotatable bonds is 12. The molecule has 4 aromatic carbocycles. The largest absolute Gasteiger partial charge is 0.497 e. The standard InChI is InChI=1S/C35H30FN7O6S/c1-48-28-16-8-22(9-17-28)30-19-31(23-6-10-25(36)11-7-23)42(40-30)33(44)21-50-35-39-38-32(41(35)26-12-14-27(15-13-26)43(46)47)20-37-34(45)24-4-3-5-29(18-24)49-2/h3-18,31H,19-21H2,1-2H3,(H,37,45)/t31-/m1/s1. The summed E-state index contributed by atoms with van der Waals surface area (Å²) in [5.41, 5.74) is 2.99. The van der Waals surface area contributed by atoms with Crippen LogP contribution in [0.4, 0.5) is 10.1 Å². The Hall–Kier alpha value is -6.09. The lowest BCUT2D eigenvalue weighted by Gasteiger charge is -2.22. The Bertz CT molecular complexity index is 2050. The molecule has 2 amide bonds. The zero-order valence-corrected chi connectivity index (χ0v) is 27.7. The minimum absolute atomic E-state index is 0.0389. The number of benzene rings is 4. The Kier molecular flexibility index (Phi) is 10.1. The number of nitrogens with zero attached hydrogens (tertiary/aromatic N) is 6. The highest BCUT2D eigenvalue weighted by molar-refractivity contribution is 7.99. The topological polar surface area (TPSA) is 154 Å². The van der Waals surface area contributed by atoms with E-state index in [4.69, 9.17) is 14.6 Å². The average Bonchev–Trinajstić information content (AvgIpc) is 3.78. The Balaban J connectivity index is 1.26. The molecule has 0 unspecified atom stereocenters. The van der Waals surface area contributed by atoms with Gasteiger partial charge >= 0.3 is 0 Å². The summed E-state index contributed by atoms with van der Waals surface area (Å²) < 4.78 is 25.9. The highest BCUT2D eigenvalue weighted by Gasteiger charge is 2.33. The van der Waals surface area contributed by atoms with Crippen LogP contribution in [0.25, 0.3) is 5.69 Å². The van der Waals surface area contributed by atoms with Crippen LogP contribution in [0.15, 0.2) is 107 Å². The predicted octanol–water partition coefficient (Wildman–Crippen LogP) is 5.73. The van der Waals surface area contributed by atoms with Crippen LogP contribution in [0.3, 0.4) is 0 Å². The maximum atomic E-state index is 13.8. The van der Waals surface area contributed by atoms with Crippen LogP contribution in [0, 0.1) is 15.9 Å². The molecule has 2 heterocycles. The molecule has 6 rings (SSSR count). The van der Waals surface area contributed by atoms with Crippen molar-refractivity contribution in [3.63, 3.8) is 0 Å². The van der Waals surface area contributed by atoms with Gasteiger partial charge in [-0.1, -0.05) is 30.0 Å². The average molecular weight is 696 g/mol. The van der Waals surface area contributed by atoms with E-state index < -0.39 is 16.8 Å². The number of nitro benzene ring substituents is 1. The SMILES string of the molecule is COc1ccc(C2=NN(C(=O)CSc3nnc(CNC(=O)c4cccc(OC)c4)n3-c3ccc([N+](=O)[O-])cc3)[C@@H](c3ccc(F)cc3)C2)cc1. The first-order chi connectivity index (χ1) is 24.2. The monoisotopic (exact) mass is 695 g/mol. The third kappa shape index (κ3) is 7.47. The Labute approximate surface area is 289 Å². The molecule has 0 fully saturated rings. The van der Waals surface area contributed by atoms with Crippen molar-refractivity contribution in [1.29, 1.82) is 0 Å². The second kappa shape index (κ2) is 15.0. The number of nitrogens with one attached hydrogen (secondary N) is 1. The van der Waals surface area contributed by atoms with Crippen molar-refractivity contribution in [2.24, 2.45) is 5.10 Å². The van der Waals surface area contributed by atoms with Crippen molar-refractivity contribution in [2.75, 3.05) is 20.0 Å². The number of hydrogen-bond donors (Lipinski definition) is 1.